The van der Waals surface area contributed by atoms with Gasteiger partial charge in [-0.3, -0.25) is 19.1 Å². The third-order valence-corrected chi connectivity index (χ3v) is 2.62. The molecule has 0 fully saturated rings. The first-order valence-electron chi connectivity index (χ1n) is 6.45. The molecule has 0 spiro atoms. The van der Waals surface area contributed by atoms with Crippen molar-refractivity contribution in [1.82, 2.24) is 14.9 Å². The molecule has 6 nitrogen and oxygen atoms in total. The topological polar surface area (TPSA) is 84.0 Å². The molecule has 0 atom stereocenters. The van der Waals surface area contributed by atoms with E-state index in [1.807, 2.05) is 13.8 Å². The van der Waals surface area contributed by atoms with Crippen LogP contribution in [-0.4, -0.2) is 22.0 Å². The summed E-state index contributed by atoms with van der Waals surface area (Å²) in [6.07, 6.45) is 1.43. The largest absolute Gasteiger partial charge is 0.345 e. The van der Waals surface area contributed by atoms with Gasteiger partial charge in [-0.2, -0.15) is 0 Å². The first-order chi connectivity index (χ1) is 9.32. The summed E-state index contributed by atoms with van der Waals surface area (Å²) < 4.78 is 1.40. The van der Waals surface area contributed by atoms with Crippen LogP contribution in [0.25, 0.3) is 0 Å². The highest BCUT2D eigenvalue weighted by Crippen LogP contribution is 1.98. The second kappa shape index (κ2) is 6.75. The van der Waals surface area contributed by atoms with E-state index in [4.69, 9.17) is 0 Å². The molecule has 6 heteroatoms. The van der Waals surface area contributed by atoms with E-state index in [0.29, 0.717) is 0 Å². The minimum absolute atomic E-state index is 0.0689. The van der Waals surface area contributed by atoms with E-state index in [2.05, 4.69) is 22.1 Å². The molecule has 108 valence electrons. The first-order valence-corrected chi connectivity index (χ1v) is 6.45. The van der Waals surface area contributed by atoms with Gasteiger partial charge >= 0.3 is 5.69 Å². The van der Waals surface area contributed by atoms with Crippen LogP contribution >= 0.6 is 0 Å². The van der Waals surface area contributed by atoms with Crippen LogP contribution in [0, 0.1) is 17.8 Å². The molecular weight excluding hydrogens is 258 g/mol. The molecule has 1 rings (SSSR count). The number of aromatic nitrogens is 2. The van der Waals surface area contributed by atoms with E-state index in [1.54, 1.807) is 13.8 Å². The number of amides is 1. The Morgan fingerprint density at radius 1 is 1.35 bits per heavy atom. The molecule has 2 N–H and O–H groups in total. The number of hydrogen-bond acceptors (Lipinski definition) is 3. The fourth-order valence-electron chi connectivity index (χ4n) is 1.43. The molecule has 1 aromatic rings. The number of rotatable bonds is 3. The van der Waals surface area contributed by atoms with Crippen LogP contribution in [0.1, 0.15) is 39.3 Å². The molecular formula is C14H19N3O3. The van der Waals surface area contributed by atoms with Crippen molar-refractivity contribution < 1.29 is 4.79 Å². The normalized spacial score (nSPS) is 10.3. The summed E-state index contributed by atoms with van der Waals surface area (Å²) in [6.45, 7) is 7.40. The van der Waals surface area contributed by atoms with Crippen LogP contribution in [0.2, 0.25) is 0 Å². The van der Waals surface area contributed by atoms with Gasteiger partial charge in [0, 0.05) is 18.2 Å². The van der Waals surface area contributed by atoms with Crippen molar-refractivity contribution in [3.8, 4) is 11.8 Å². The quantitative estimate of drug-likeness (QED) is 0.776. The molecule has 0 unspecified atom stereocenters. The summed E-state index contributed by atoms with van der Waals surface area (Å²) in [5.74, 6) is 5.15. The Morgan fingerprint density at radius 3 is 2.55 bits per heavy atom. The molecule has 0 saturated carbocycles. The maximum atomic E-state index is 11.6. The van der Waals surface area contributed by atoms with Crippen molar-refractivity contribution in [2.75, 3.05) is 6.54 Å². The van der Waals surface area contributed by atoms with Crippen LogP contribution in [-0.2, 0) is 4.79 Å². The van der Waals surface area contributed by atoms with Crippen molar-refractivity contribution in [1.29, 1.82) is 0 Å². The highest BCUT2D eigenvalue weighted by molar-refractivity contribution is 5.78. The summed E-state index contributed by atoms with van der Waals surface area (Å²) in [5, 5.41) is 2.63. The Labute approximate surface area is 117 Å². The predicted molar refractivity (Wildman–Crippen MR) is 76.4 cm³/mol. The zero-order chi connectivity index (χ0) is 15.3. The van der Waals surface area contributed by atoms with E-state index in [-0.39, 0.29) is 30.0 Å². The number of carbonyl (C=O) groups is 1. The molecule has 0 saturated heterocycles. The van der Waals surface area contributed by atoms with Crippen molar-refractivity contribution >= 4 is 5.91 Å². The van der Waals surface area contributed by atoms with Crippen molar-refractivity contribution in [3.63, 3.8) is 0 Å². The molecule has 0 bridgehead atoms. The SMILES string of the molecule is CC(C)C(=O)NCC#Cc1cn(C(C)C)c(=O)[nH]c1=O. The molecule has 0 aromatic carbocycles. The van der Waals surface area contributed by atoms with Crippen molar-refractivity contribution in [2.24, 2.45) is 5.92 Å². The fraction of sp³-hybridized carbons (Fsp3) is 0.500. The summed E-state index contributed by atoms with van der Waals surface area (Å²) >= 11 is 0. The maximum absolute atomic E-state index is 11.6. The molecule has 1 heterocycles. The van der Waals surface area contributed by atoms with Crippen molar-refractivity contribution in [2.45, 2.75) is 33.7 Å². The van der Waals surface area contributed by atoms with Gasteiger partial charge in [-0.1, -0.05) is 25.7 Å². The fourth-order valence-corrected chi connectivity index (χ4v) is 1.43. The lowest BCUT2D eigenvalue weighted by Gasteiger charge is -2.08. The average molecular weight is 277 g/mol. The minimum atomic E-state index is -0.519. The lowest BCUT2D eigenvalue weighted by molar-refractivity contribution is -0.123. The zero-order valence-electron chi connectivity index (χ0n) is 12.1. The smallest absolute Gasteiger partial charge is 0.328 e. The Bertz CT molecular complexity index is 657. The van der Waals surface area contributed by atoms with E-state index >= 15 is 0 Å². The van der Waals surface area contributed by atoms with Crippen LogP contribution in [0.5, 0.6) is 0 Å². The van der Waals surface area contributed by atoms with E-state index < -0.39 is 11.2 Å². The summed E-state index contributed by atoms with van der Waals surface area (Å²) in [6, 6.07) is -0.0689. The molecule has 1 aromatic heterocycles. The molecule has 1 amide bonds. The number of carbonyl (C=O) groups excluding carboxylic acids is 1. The van der Waals surface area contributed by atoms with E-state index in [9.17, 15) is 14.4 Å². The van der Waals surface area contributed by atoms with Gasteiger partial charge in [-0.15, -0.1) is 0 Å². The van der Waals surface area contributed by atoms with Crippen LogP contribution in [0.3, 0.4) is 0 Å². The number of H-pyrrole nitrogens is 1. The monoisotopic (exact) mass is 277 g/mol. The number of hydrogen-bond donors (Lipinski definition) is 2. The molecule has 0 aliphatic heterocycles. The number of nitrogens with one attached hydrogen (secondary N) is 2. The lowest BCUT2D eigenvalue weighted by Crippen LogP contribution is -2.32. The molecule has 0 aliphatic carbocycles. The molecule has 20 heavy (non-hydrogen) atoms. The molecule has 0 aliphatic rings. The Kier molecular flexibility index (Phi) is 5.32. The van der Waals surface area contributed by atoms with Gasteiger partial charge in [-0.05, 0) is 13.8 Å². The number of nitrogens with zero attached hydrogens (tertiary/aromatic N) is 1. The average Bonchev–Trinajstić information content (AvgIpc) is 2.35. The highest BCUT2D eigenvalue weighted by atomic mass is 16.2. The minimum Gasteiger partial charge on any atom is -0.345 e. The van der Waals surface area contributed by atoms with Crippen molar-refractivity contribution in [3.05, 3.63) is 32.6 Å². The highest BCUT2D eigenvalue weighted by Gasteiger charge is 2.05. The summed E-state index contributed by atoms with van der Waals surface area (Å²) in [5.41, 5.74) is -0.768. The van der Waals surface area contributed by atoms with Crippen LogP contribution < -0.4 is 16.6 Å². The van der Waals surface area contributed by atoms with Gasteiger partial charge in [-0.25, -0.2) is 4.79 Å². The number of aromatic amines is 1. The lowest BCUT2D eigenvalue weighted by atomic mass is 10.2. The van der Waals surface area contributed by atoms with Gasteiger partial charge in [0.05, 0.1) is 6.54 Å². The second-order valence-corrected chi connectivity index (χ2v) is 4.98. The standard InChI is InChI=1S/C14H19N3O3/c1-9(2)12(18)15-7-5-6-11-8-17(10(3)4)14(20)16-13(11)19/h8-10H,7H2,1-4H3,(H,15,18)(H,16,19,20). The van der Waals surface area contributed by atoms with Gasteiger partial charge in [0.15, 0.2) is 0 Å². The zero-order valence-corrected chi connectivity index (χ0v) is 12.1. The summed E-state index contributed by atoms with van der Waals surface area (Å²) in [7, 11) is 0. The Morgan fingerprint density at radius 2 is 2.00 bits per heavy atom. The maximum Gasteiger partial charge on any atom is 0.328 e. The second-order valence-electron chi connectivity index (χ2n) is 4.98. The van der Waals surface area contributed by atoms with Gasteiger partial charge in [0.25, 0.3) is 5.56 Å². The van der Waals surface area contributed by atoms with Gasteiger partial charge in [0.2, 0.25) is 5.91 Å². The van der Waals surface area contributed by atoms with Gasteiger partial charge in [0.1, 0.15) is 5.56 Å². The van der Waals surface area contributed by atoms with Gasteiger partial charge < -0.3 is 5.32 Å². The Balaban J connectivity index is 2.89. The summed E-state index contributed by atoms with van der Waals surface area (Å²) in [4.78, 5) is 36.7. The van der Waals surface area contributed by atoms with Crippen LogP contribution in [0.4, 0.5) is 0 Å². The molecule has 0 radical (unpaired) electrons. The third-order valence-electron chi connectivity index (χ3n) is 2.62. The predicted octanol–water partition coefficient (Wildman–Crippen LogP) is 0.241. The first kappa shape index (κ1) is 15.8. The van der Waals surface area contributed by atoms with E-state index in [1.165, 1.54) is 10.8 Å². The Hall–Kier alpha value is -2.29. The van der Waals surface area contributed by atoms with E-state index in [0.717, 1.165) is 0 Å². The van der Waals surface area contributed by atoms with Crippen LogP contribution in [0.15, 0.2) is 15.8 Å². The third kappa shape index (κ3) is 4.12.